The van der Waals surface area contributed by atoms with E-state index in [1.807, 2.05) is 37.2 Å². The summed E-state index contributed by atoms with van der Waals surface area (Å²) in [6.07, 6.45) is 0. The van der Waals surface area contributed by atoms with Gasteiger partial charge in [0.05, 0.1) is 11.4 Å². The molecule has 0 aliphatic rings. The largest absolute Gasteiger partial charge is 0.379 e. The van der Waals surface area contributed by atoms with Crippen LogP contribution in [-0.4, -0.2) is 14.1 Å². The van der Waals surface area contributed by atoms with Gasteiger partial charge in [-0.05, 0) is 35.9 Å². The van der Waals surface area contributed by atoms with Gasteiger partial charge in [0.15, 0.2) is 0 Å². The second kappa shape index (κ2) is 6.22. The van der Waals surface area contributed by atoms with Gasteiger partial charge in [0.2, 0.25) is 0 Å². The number of halogens is 3. The summed E-state index contributed by atoms with van der Waals surface area (Å²) in [4.78, 5) is 1.97. The Morgan fingerprint density at radius 3 is 2.30 bits per heavy atom. The van der Waals surface area contributed by atoms with Crippen LogP contribution in [0.15, 0.2) is 40.9 Å². The first-order valence-corrected chi connectivity index (χ1v) is 6.91. The molecule has 1 N–H and O–H groups in total. The Labute approximate surface area is 125 Å². The van der Waals surface area contributed by atoms with E-state index in [9.17, 15) is 8.78 Å². The summed E-state index contributed by atoms with van der Waals surface area (Å²) in [6.45, 7) is 0.353. The molecule has 0 aliphatic heterocycles. The van der Waals surface area contributed by atoms with Gasteiger partial charge in [0.1, 0.15) is 11.6 Å². The van der Waals surface area contributed by atoms with Crippen molar-refractivity contribution < 1.29 is 8.78 Å². The average molecular weight is 341 g/mol. The number of benzene rings is 2. The molecule has 2 aromatic rings. The van der Waals surface area contributed by atoms with Gasteiger partial charge in [-0.25, -0.2) is 8.78 Å². The van der Waals surface area contributed by atoms with Gasteiger partial charge in [-0.3, -0.25) is 0 Å². The third kappa shape index (κ3) is 3.70. The molecule has 106 valence electrons. The Morgan fingerprint density at radius 2 is 1.70 bits per heavy atom. The van der Waals surface area contributed by atoms with Crippen LogP contribution < -0.4 is 10.2 Å². The third-order valence-corrected chi connectivity index (χ3v) is 3.34. The first kappa shape index (κ1) is 14.8. The molecular formula is C15H15BrF2N2. The molecule has 0 radical (unpaired) electrons. The van der Waals surface area contributed by atoms with Gasteiger partial charge in [-0.15, -0.1) is 0 Å². The summed E-state index contributed by atoms with van der Waals surface area (Å²) < 4.78 is 27.2. The Morgan fingerprint density at radius 1 is 1.05 bits per heavy atom. The molecule has 0 atom stereocenters. The standard InChI is InChI=1S/C15H15BrF2N2/c1-20(2)15-4-3-11(16)7-14(15)19-9-10-5-12(17)8-13(18)6-10/h3-8,19H,9H2,1-2H3. The van der Waals surface area contributed by atoms with Crippen molar-refractivity contribution in [1.82, 2.24) is 0 Å². The molecule has 0 spiro atoms. The number of hydrogen-bond donors (Lipinski definition) is 1. The van der Waals surface area contributed by atoms with Crippen LogP contribution in [0.3, 0.4) is 0 Å². The van der Waals surface area contributed by atoms with Crippen LogP contribution in [0.4, 0.5) is 20.2 Å². The monoisotopic (exact) mass is 340 g/mol. The van der Waals surface area contributed by atoms with Gasteiger partial charge in [-0.1, -0.05) is 15.9 Å². The lowest BCUT2D eigenvalue weighted by molar-refractivity contribution is 0.580. The summed E-state index contributed by atoms with van der Waals surface area (Å²) in [5.74, 6) is -1.13. The highest BCUT2D eigenvalue weighted by Gasteiger charge is 2.06. The number of rotatable bonds is 4. The molecule has 0 unspecified atom stereocenters. The van der Waals surface area contributed by atoms with E-state index >= 15 is 0 Å². The van der Waals surface area contributed by atoms with Gasteiger partial charge >= 0.3 is 0 Å². The predicted octanol–water partition coefficient (Wildman–Crippen LogP) is 4.41. The van der Waals surface area contributed by atoms with E-state index in [0.29, 0.717) is 12.1 Å². The minimum atomic E-state index is -0.566. The molecule has 2 rings (SSSR count). The van der Waals surface area contributed by atoms with Gasteiger partial charge < -0.3 is 10.2 Å². The molecule has 20 heavy (non-hydrogen) atoms. The van der Waals surface area contributed by atoms with Crippen molar-refractivity contribution in [2.75, 3.05) is 24.3 Å². The predicted molar refractivity (Wildman–Crippen MR) is 82.2 cm³/mol. The number of nitrogens with one attached hydrogen (secondary N) is 1. The van der Waals surface area contributed by atoms with Crippen molar-refractivity contribution in [2.24, 2.45) is 0 Å². The lowest BCUT2D eigenvalue weighted by Gasteiger charge is -2.19. The highest BCUT2D eigenvalue weighted by molar-refractivity contribution is 9.10. The van der Waals surface area contributed by atoms with Crippen LogP contribution in [0.5, 0.6) is 0 Å². The van der Waals surface area contributed by atoms with Crippen molar-refractivity contribution in [3.63, 3.8) is 0 Å². The fourth-order valence-electron chi connectivity index (χ4n) is 1.95. The summed E-state index contributed by atoms with van der Waals surface area (Å²) in [6, 6.07) is 9.37. The second-order valence-corrected chi connectivity index (χ2v) is 5.60. The second-order valence-electron chi connectivity index (χ2n) is 4.69. The average Bonchev–Trinajstić information content (AvgIpc) is 2.35. The smallest absolute Gasteiger partial charge is 0.126 e. The van der Waals surface area contributed by atoms with Crippen molar-refractivity contribution >= 4 is 27.3 Å². The van der Waals surface area contributed by atoms with Gasteiger partial charge in [-0.2, -0.15) is 0 Å². The van der Waals surface area contributed by atoms with E-state index in [1.54, 1.807) is 0 Å². The molecule has 0 heterocycles. The van der Waals surface area contributed by atoms with E-state index in [1.165, 1.54) is 12.1 Å². The van der Waals surface area contributed by atoms with Crippen molar-refractivity contribution in [3.8, 4) is 0 Å². The molecular weight excluding hydrogens is 326 g/mol. The van der Waals surface area contributed by atoms with E-state index in [2.05, 4.69) is 21.2 Å². The normalized spacial score (nSPS) is 10.4. The van der Waals surface area contributed by atoms with Crippen LogP contribution in [-0.2, 0) is 6.54 Å². The minimum Gasteiger partial charge on any atom is -0.379 e. The fourth-order valence-corrected chi connectivity index (χ4v) is 2.31. The molecule has 2 aromatic carbocycles. The molecule has 0 saturated carbocycles. The Hall–Kier alpha value is -1.62. The molecule has 5 heteroatoms. The zero-order chi connectivity index (χ0) is 14.7. The zero-order valence-electron chi connectivity index (χ0n) is 11.3. The summed E-state index contributed by atoms with van der Waals surface area (Å²) in [5.41, 5.74) is 2.46. The van der Waals surface area contributed by atoms with Crippen LogP contribution >= 0.6 is 15.9 Å². The molecule has 0 saturated heterocycles. The molecule has 0 aromatic heterocycles. The lowest BCUT2D eigenvalue weighted by atomic mass is 10.2. The fraction of sp³-hybridized carbons (Fsp3) is 0.200. The van der Waals surface area contributed by atoms with E-state index in [0.717, 1.165) is 21.9 Å². The summed E-state index contributed by atoms with van der Waals surface area (Å²) in [7, 11) is 3.88. The highest BCUT2D eigenvalue weighted by atomic mass is 79.9. The van der Waals surface area contributed by atoms with Crippen molar-refractivity contribution in [1.29, 1.82) is 0 Å². The number of anilines is 2. The van der Waals surface area contributed by atoms with Crippen molar-refractivity contribution in [2.45, 2.75) is 6.54 Å². The van der Waals surface area contributed by atoms with E-state index in [-0.39, 0.29) is 0 Å². The third-order valence-electron chi connectivity index (χ3n) is 2.85. The lowest BCUT2D eigenvalue weighted by Crippen LogP contribution is -2.12. The van der Waals surface area contributed by atoms with Gasteiger partial charge in [0.25, 0.3) is 0 Å². The van der Waals surface area contributed by atoms with Crippen LogP contribution in [0.25, 0.3) is 0 Å². The SMILES string of the molecule is CN(C)c1ccc(Br)cc1NCc1cc(F)cc(F)c1. The summed E-state index contributed by atoms with van der Waals surface area (Å²) >= 11 is 3.42. The Bertz CT molecular complexity index is 595. The van der Waals surface area contributed by atoms with Crippen molar-refractivity contribution in [3.05, 3.63) is 58.1 Å². The molecule has 0 amide bonds. The first-order valence-electron chi connectivity index (χ1n) is 6.11. The van der Waals surface area contributed by atoms with E-state index in [4.69, 9.17) is 0 Å². The topological polar surface area (TPSA) is 15.3 Å². The highest BCUT2D eigenvalue weighted by Crippen LogP contribution is 2.28. The molecule has 2 nitrogen and oxygen atoms in total. The maximum Gasteiger partial charge on any atom is 0.126 e. The van der Waals surface area contributed by atoms with Crippen LogP contribution in [0.1, 0.15) is 5.56 Å². The van der Waals surface area contributed by atoms with Crippen LogP contribution in [0, 0.1) is 11.6 Å². The number of nitrogens with zero attached hydrogens (tertiary/aromatic N) is 1. The van der Waals surface area contributed by atoms with Crippen LogP contribution in [0.2, 0.25) is 0 Å². The first-order chi connectivity index (χ1) is 9.45. The zero-order valence-corrected chi connectivity index (χ0v) is 12.8. The molecule has 0 aliphatic carbocycles. The van der Waals surface area contributed by atoms with E-state index < -0.39 is 11.6 Å². The Balaban J connectivity index is 2.20. The number of hydrogen-bond acceptors (Lipinski definition) is 2. The molecule has 0 fully saturated rings. The van der Waals surface area contributed by atoms with Gasteiger partial charge in [0, 0.05) is 31.2 Å². The maximum atomic E-state index is 13.1. The summed E-state index contributed by atoms with van der Waals surface area (Å²) in [5, 5.41) is 3.20. The Kier molecular flexibility index (Phi) is 4.60. The quantitative estimate of drug-likeness (QED) is 0.886. The minimum absolute atomic E-state index is 0.353. The maximum absolute atomic E-state index is 13.1. The molecule has 0 bridgehead atoms.